The first-order chi connectivity index (χ1) is 7.39. The molecule has 0 amide bonds. The van der Waals surface area contributed by atoms with E-state index in [-0.39, 0.29) is 23.1 Å². The van der Waals surface area contributed by atoms with Crippen molar-refractivity contribution in [2.75, 3.05) is 16.2 Å². The Morgan fingerprint density at radius 3 is 2.75 bits per heavy atom. The number of sulfonamides is 1. The number of nitrogens with one attached hydrogen (secondary N) is 1. The van der Waals surface area contributed by atoms with Crippen molar-refractivity contribution in [1.29, 1.82) is 0 Å². The van der Waals surface area contributed by atoms with Crippen LogP contribution in [0.15, 0.2) is 11.6 Å². The molecule has 1 aliphatic rings. The van der Waals surface area contributed by atoms with Crippen LogP contribution in [0.3, 0.4) is 0 Å². The standard InChI is InChI=1S/C7H10N2O4S3/c10-15(11)4-1-6(5-15)16(12,13)9-7-8-2-3-14-7/h2-3,6H,1,4-5H2,(H,8,9)/t6-/m1/s1. The van der Waals surface area contributed by atoms with Crippen molar-refractivity contribution < 1.29 is 16.8 Å². The van der Waals surface area contributed by atoms with Gasteiger partial charge in [0.15, 0.2) is 15.0 Å². The average Bonchev–Trinajstić information content (AvgIpc) is 2.74. The summed E-state index contributed by atoms with van der Waals surface area (Å²) in [5.74, 6) is -0.357. The quantitative estimate of drug-likeness (QED) is 0.847. The van der Waals surface area contributed by atoms with Crippen molar-refractivity contribution in [2.45, 2.75) is 11.7 Å². The van der Waals surface area contributed by atoms with Gasteiger partial charge in [-0.15, -0.1) is 11.3 Å². The Morgan fingerprint density at radius 2 is 2.25 bits per heavy atom. The summed E-state index contributed by atoms with van der Waals surface area (Å²) >= 11 is 1.16. The second-order valence-corrected chi connectivity index (χ2v) is 8.59. The lowest BCUT2D eigenvalue weighted by atomic mass is 10.4. The second-order valence-electron chi connectivity index (χ2n) is 3.51. The Bertz CT molecular complexity index is 561. The second kappa shape index (κ2) is 3.97. The van der Waals surface area contributed by atoms with E-state index < -0.39 is 25.1 Å². The summed E-state index contributed by atoms with van der Waals surface area (Å²) in [4.78, 5) is 3.79. The molecule has 0 bridgehead atoms. The van der Waals surface area contributed by atoms with Gasteiger partial charge in [0.1, 0.15) is 0 Å². The molecule has 1 saturated heterocycles. The van der Waals surface area contributed by atoms with Gasteiger partial charge in [-0.2, -0.15) is 0 Å². The van der Waals surface area contributed by atoms with Gasteiger partial charge >= 0.3 is 0 Å². The van der Waals surface area contributed by atoms with E-state index in [4.69, 9.17) is 0 Å². The summed E-state index contributed by atoms with van der Waals surface area (Å²) < 4.78 is 48.2. The zero-order valence-corrected chi connectivity index (χ0v) is 10.6. The zero-order chi connectivity index (χ0) is 11.8. The van der Waals surface area contributed by atoms with Crippen LogP contribution >= 0.6 is 11.3 Å². The third kappa shape index (κ3) is 2.53. The molecule has 1 atom stereocenters. The van der Waals surface area contributed by atoms with Gasteiger partial charge < -0.3 is 0 Å². The number of aromatic nitrogens is 1. The fourth-order valence-electron chi connectivity index (χ4n) is 1.48. The van der Waals surface area contributed by atoms with E-state index in [9.17, 15) is 16.8 Å². The molecule has 0 spiro atoms. The number of hydrogen-bond acceptors (Lipinski definition) is 6. The maximum atomic E-state index is 11.8. The number of nitrogens with zero attached hydrogens (tertiary/aromatic N) is 1. The van der Waals surface area contributed by atoms with Crippen molar-refractivity contribution in [2.24, 2.45) is 0 Å². The van der Waals surface area contributed by atoms with Crippen LogP contribution < -0.4 is 4.72 Å². The molecule has 90 valence electrons. The molecule has 0 aromatic carbocycles. The van der Waals surface area contributed by atoms with Crippen LogP contribution in [0.1, 0.15) is 6.42 Å². The van der Waals surface area contributed by atoms with Gasteiger partial charge in [0.05, 0.1) is 16.8 Å². The smallest absolute Gasteiger partial charge is 0.238 e. The molecule has 1 aromatic heterocycles. The first-order valence-corrected chi connectivity index (χ1v) is 8.75. The first-order valence-electron chi connectivity index (χ1n) is 4.51. The van der Waals surface area contributed by atoms with Gasteiger partial charge in [0.25, 0.3) is 0 Å². The third-order valence-electron chi connectivity index (χ3n) is 2.29. The van der Waals surface area contributed by atoms with Gasteiger partial charge in [-0.05, 0) is 6.42 Å². The third-order valence-corrected chi connectivity index (χ3v) is 6.85. The normalized spacial score (nSPS) is 24.4. The van der Waals surface area contributed by atoms with E-state index in [0.717, 1.165) is 11.3 Å². The van der Waals surface area contributed by atoms with Crippen molar-refractivity contribution in [3.63, 3.8) is 0 Å². The number of anilines is 1. The molecule has 1 N–H and O–H groups in total. The minimum Gasteiger partial charge on any atom is -0.258 e. The SMILES string of the molecule is O=S1(=O)CC[C@@H](S(=O)(=O)Nc2nccs2)C1. The molecule has 0 radical (unpaired) electrons. The van der Waals surface area contributed by atoms with Gasteiger partial charge in [-0.25, -0.2) is 21.8 Å². The number of hydrogen-bond donors (Lipinski definition) is 1. The molecule has 1 aromatic rings. The lowest BCUT2D eigenvalue weighted by molar-refractivity contribution is 0.587. The Balaban J connectivity index is 2.15. The van der Waals surface area contributed by atoms with Gasteiger partial charge in [-0.3, -0.25) is 4.72 Å². The zero-order valence-electron chi connectivity index (χ0n) is 8.16. The molecule has 2 rings (SSSR count). The Hall–Kier alpha value is -0.670. The van der Waals surface area contributed by atoms with Crippen LogP contribution in [0.2, 0.25) is 0 Å². The highest BCUT2D eigenvalue weighted by atomic mass is 32.2. The van der Waals surface area contributed by atoms with Crippen molar-refractivity contribution in [1.82, 2.24) is 4.98 Å². The average molecular weight is 282 g/mol. The van der Waals surface area contributed by atoms with Gasteiger partial charge in [-0.1, -0.05) is 0 Å². The molecule has 6 nitrogen and oxygen atoms in total. The summed E-state index contributed by atoms with van der Waals surface area (Å²) in [5, 5.41) is 1.05. The lowest BCUT2D eigenvalue weighted by Gasteiger charge is -2.09. The van der Waals surface area contributed by atoms with E-state index in [1.807, 2.05) is 0 Å². The van der Waals surface area contributed by atoms with Gasteiger partial charge in [0, 0.05) is 11.6 Å². The summed E-state index contributed by atoms with van der Waals surface area (Å²) in [6.07, 6.45) is 1.64. The van der Waals surface area contributed by atoms with Crippen LogP contribution in [0.4, 0.5) is 5.13 Å². The summed E-state index contributed by atoms with van der Waals surface area (Å²) in [7, 11) is -6.83. The van der Waals surface area contributed by atoms with E-state index in [1.165, 1.54) is 6.20 Å². The molecule has 16 heavy (non-hydrogen) atoms. The predicted molar refractivity (Wildman–Crippen MR) is 61.7 cm³/mol. The number of sulfone groups is 1. The minimum absolute atomic E-state index is 0.0591. The van der Waals surface area contributed by atoms with E-state index in [2.05, 4.69) is 9.71 Å². The molecule has 0 aliphatic carbocycles. The first kappa shape index (κ1) is 11.8. The van der Waals surface area contributed by atoms with Crippen molar-refractivity contribution >= 4 is 36.3 Å². The van der Waals surface area contributed by atoms with Crippen LogP contribution in [-0.4, -0.2) is 38.6 Å². The van der Waals surface area contributed by atoms with E-state index in [1.54, 1.807) is 5.38 Å². The molecule has 0 unspecified atom stereocenters. The highest BCUT2D eigenvalue weighted by Crippen LogP contribution is 2.22. The summed E-state index contributed by atoms with van der Waals surface area (Å²) in [5.41, 5.74) is 0. The fourth-order valence-corrected chi connectivity index (χ4v) is 6.32. The molecule has 0 saturated carbocycles. The monoisotopic (exact) mass is 282 g/mol. The predicted octanol–water partition coefficient (Wildman–Crippen LogP) is 0.0719. The lowest BCUT2D eigenvalue weighted by Crippen LogP contribution is -2.28. The van der Waals surface area contributed by atoms with E-state index >= 15 is 0 Å². The van der Waals surface area contributed by atoms with Crippen molar-refractivity contribution in [3.8, 4) is 0 Å². The number of rotatable bonds is 3. The highest BCUT2D eigenvalue weighted by Gasteiger charge is 2.37. The molecule has 1 aliphatic heterocycles. The van der Waals surface area contributed by atoms with Gasteiger partial charge in [0.2, 0.25) is 10.0 Å². The fraction of sp³-hybridized carbons (Fsp3) is 0.571. The molecule has 1 fully saturated rings. The number of thiazole rings is 1. The maximum Gasteiger partial charge on any atom is 0.238 e. The van der Waals surface area contributed by atoms with Crippen molar-refractivity contribution in [3.05, 3.63) is 11.6 Å². The Morgan fingerprint density at radius 1 is 1.50 bits per heavy atom. The maximum absolute atomic E-state index is 11.8. The molecular formula is C7H10N2O4S3. The molecule has 2 heterocycles. The minimum atomic E-state index is -3.64. The topological polar surface area (TPSA) is 93.2 Å². The highest BCUT2D eigenvalue weighted by molar-refractivity contribution is 7.97. The Kier molecular flexibility index (Phi) is 2.93. The van der Waals surface area contributed by atoms with E-state index in [0.29, 0.717) is 0 Å². The van der Waals surface area contributed by atoms with Crippen LogP contribution in [0.25, 0.3) is 0 Å². The summed E-state index contributed by atoms with van der Waals surface area (Å²) in [6, 6.07) is 0. The van der Waals surface area contributed by atoms with Crippen LogP contribution in [0, 0.1) is 0 Å². The summed E-state index contributed by atoms with van der Waals surface area (Å²) in [6.45, 7) is 0. The Labute approximate surface area is 97.7 Å². The largest absolute Gasteiger partial charge is 0.258 e. The molecular weight excluding hydrogens is 272 g/mol. The van der Waals surface area contributed by atoms with Crippen LogP contribution in [0.5, 0.6) is 0 Å². The molecule has 9 heteroatoms. The van der Waals surface area contributed by atoms with Crippen LogP contribution in [-0.2, 0) is 19.9 Å².